The molecule has 2 aromatic heterocycles. The van der Waals surface area contributed by atoms with E-state index in [-0.39, 0.29) is 5.88 Å². The van der Waals surface area contributed by atoms with Gasteiger partial charge in [-0.15, -0.1) is 11.6 Å². The number of aryl methyl sites for hydroxylation is 1. The fourth-order valence-electron chi connectivity index (χ4n) is 2.19. The number of hydrogen-bond acceptors (Lipinski definition) is 2. The topological polar surface area (TPSA) is 30.7 Å². The van der Waals surface area contributed by atoms with Crippen molar-refractivity contribution in [2.45, 2.75) is 6.42 Å². The molecule has 2 heterocycles. The molecule has 3 rings (SSSR count). The molecule has 0 amide bonds. The normalized spacial score (nSPS) is 11.2. The van der Waals surface area contributed by atoms with Crippen molar-refractivity contribution in [3.05, 3.63) is 53.7 Å². The van der Waals surface area contributed by atoms with Crippen LogP contribution in [0.1, 0.15) is 5.82 Å². The van der Waals surface area contributed by atoms with Crippen LogP contribution in [0, 0.1) is 17.5 Å². The second-order valence-corrected chi connectivity index (χ2v) is 4.74. The van der Waals surface area contributed by atoms with Crippen LogP contribution in [0.15, 0.2) is 30.5 Å². The predicted molar refractivity (Wildman–Crippen MR) is 73.2 cm³/mol. The molecule has 1 aromatic carbocycles. The zero-order chi connectivity index (χ0) is 15.0. The molecule has 21 heavy (non-hydrogen) atoms. The van der Waals surface area contributed by atoms with Crippen molar-refractivity contribution in [3.63, 3.8) is 0 Å². The van der Waals surface area contributed by atoms with Crippen LogP contribution in [0.5, 0.6) is 0 Å². The number of alkyl halides is 1. The molecule has 0 saturated heterocycles. The Morgan fingerprint density at radius 3 is 2.52 bits per heavy atom. The summed E-state index contributed by atoms with van der Waals surface area (Å²) in [6, 6.07) is 4.59. The Morgan fingerprint density at radius 2 is 1.86 bits per heavy atom. The number of halogens is 4. The van der Waals surface area contributed by atoms with E-state index in [1.54, 1.807) is 12.1 Å². The van der Waals surface area contributed by atoms with Gasteiger partial charge in [0.15, 0.2) is 17.3 Å². The average molecular weight is 312 g/mol. The smallest absolute Gasteiger partial charge is 0.164 e. The Balaban J connectivity index is 2.36. The molecule has 0 N–H and O–H groups in total. The summed E-state index contributed by atoms with van der Waals surface area (Å²) >= 11 is 5.71. The highest BCUT2D eigenvalue weighted by molar-refractivity contribution is 6.17. The highest BCUT2D eigenvalue weighted by Crippen LogP contribution is 2.25. The first-order chi connectivity index (χ1) is 10.1. The van der Waals surface area contributed by atoms with E-state index in [9.17, 15) is 13.2 Å². The molecule has 3 aromatic rings. The maximum atomic E-state index is 14.0. The molecule has 0 atom stereocenters. The van der Waals surface area contributed by atoms with Gasteiger partial charge < -0.3 is 0 Å². The lowest BCUT2D eigenvalue weighted by Crippen LogP contribution is -2.08. The van der Waals surface area contributed by atoms with Gasteiger partial charge in [0.1, 0.15) is 22.8 Å². The molecule has 0 aliphatic carbocycles. The van der Waals surface area contributed by atoms with Gasteiger partial charge in [-0.2, -0.15) is 0 Å². The van der Waals surface area contributed by atoms with Crippen molar-refractivity contribution in [2.75, 3.05) is 5.88 Å². The summed E-state index contributed by atoms with van der Waals surface area (Å²) in [7, 11) is 0. The quantitative estimate of drug-likeness (QED) is 0.692. The van der Waals surface area contributed by atoms with Crippen LogP contribution in [-0.4, -0.2) is 20.4 Å². The maximum Gasteiger partial charge on any atom is 0.164 e. The Kier molecular flexibility index (Phi) is 3.55. The minimum absolute atomic E-state index is 0.230. The van der Waals surface area contributed by atoms with Gasteiger partial charge in [0, 0.05) is 30.6 Å². The highest BCUT2D eigenvalue weighted by atomic mass is 35.5. The van der Waals surface area contributed by atoms with Gasteiger partial charge in [-0.25, -0.2) is 23.1 Å². The molecule has 0 bridgehead atoms. The van der Waals surface area contributed by atoms with Crippen molar-refractivity contribution in [1.82, 2.24) is 14.5 Å². The van der Waals surface area contributed by atoms with Gasteiger partial charge in [-0.05, 0) is 12.1 Å². The number of benzene rings is 1. The number of nitrogens with zero attached hydrogens (tertiary/aromatic N) is 3. The fraction of sp³-hybridized carbons (Fsp3) is 0.143. The van der Waals surface area contributed by atoms with E-state index in [2.05, 4.69) is 9.97 Å². The van der Waals surface area contributed by atoms with Crippen molar-refractivity contribution in [1.29, 1.82) is 0 Å². The van der Waals surface area contributed by atoms with Crippen LogP contribution in [0.2, 0.25) is 0 Å². The van der Waals surface area contributed by atoms with Crippen LogP contribution in [-0.2, 0) is 6.42 Å². The summed E-state index contributed by atoms with van der Waals surface area (Å²) in [6.07, 6.45) is 1.79. The zero-order valence-corrected chi connectivity index (χ0v) is 11.4. The van der Waals surface area contributed by atoms with Crippen LogP contribution < -0.4 is 0 Å². The van der Waals surface area contributed by atoms with E-state index in [0.717, 1.165) is 0 Å². The monoisotopic (exact) mass is 311 g/mol. The summed E-state index contributed by atoms with van der Waals surface area (Å²) in [5.41, 5.74) is 0.375. The van der Waals surface area contributed by atoms with Crippen LogP contribution in [0.4, 0.5) is 13.2 Å². The minimum atomic E-state index is -1.02. The van der Waals surface area contributed by atoms with Gasteiger partial charge in [0.05, 0.1) is 0 Å². The van der Waals surface area contributed by atoms with Gasteiger partial charge in [-0.1, -0.05) is 0 Å². The van der Waals surface area contributed by atoms with E-state index in [1.807, 2.05) is 0 Å². The minimum Gasteiger partial charge on any atom is -0.275 e. The Bertz CT molecular complexity index is 793. The number of rotatable bonds is 3. The molecule has 0 aliphatic heterocycles. The van der Waals surface area contributed by atoms with Gasteiger partial charge in [0.2, 0.25) is 0 Å². The first-order valence-corrected chi connectivity index (χ1v) is 6.68. The zero-order valence-electron chi connectivity index (χ0n) is 10.7. The summed E-state index contributed by atoms with van der Waals surface area (Å²) in [6.45, 7) is 0. The van der Waals surface area contributed by atoms with Crippen LogP contribution in [0.25, 0.3) is 16.9 Å². The van der Waals surface area contributed by atoms with Gasteiger partial charge >= 0.3 is 0 Å². The molecule has 0 unspecified atom stereocenters. The summed E-state index contributed by atoms with van der Waals surface area (Å²) < 4.78 is 42.4. The third-order valence-electron chi connectivity index (χ3n) is 3.01. The van der Waals surface area contributed by atoms with Crippen molar-refractivity contribution in [2.24, 2.45) is 0 Å². The Morgan fingerprint density at radius 1 is 1.14 bits per heavy atom. The molecule has 0 saturated carbocycles. The molecular formula is C14H9ClF3N3. The second-order valence-electron chi connectivity index (χ2n) is 4.37. The molecule has 0 aliphatic rings. The van der Waals surface area contributed by atoms with Crippen molar-refractivity contribution < 1.29 is 13.2 Å². The summed E-state index contributed by atoms with van der Waals surface area (Å²) in [5.74, 6) is -2.43. The van der Waals surface area contributed by atoms with Gasteiger partial charge in [-0.3, -0.25) is 4.57 Å². The predicted octanol–water partition coefficient (Wildman–Crippen LogP) is 3.62. The van der Waals surface area contributed by atoms with E-state index in [4.69, 9.17) is 11.6 Å². The SMILES string of the molecule is Fc1cc(F)c(-n2c(CCCl)nc3cccnc32)c(F)c1. The lowest BCUT2D eigenvalue weighted by atomic mass is 10.2. The first-order valence-electron chi connectivity index (χ1n) is 6.15. The van der Waals surface area contributed by atoms with Crippen LogP contribution >= 0.6 is 11.6 Å². The molecule has 0 fully saturated rings. The highest BCUT2D eigenvalue weighted by Gasteiger charge is 2.20. The lowest BCUT2D eigenvalue weighted by molar-refractivity contribution is 0.533. The third kappa shape index (κ3) is 2.35. The Labute approximate surface area is 123 Å². The number of imidazole rings is 1. The number of aromatic nitrogens is 3. The molecule has 7 heteroatoms. The van der Waals surface area contributed by atoms with E-state index in [0.29, 0.717) is 35.5 Å². The second kappa shape index (κ2) is 5.37. The standard InChI is InChI=1S/C14H9ClF3N3/c15-4-3-12-20-11-2-1-5-19-14(11)21(12)13-9(17)6-8(16)7-10(13)18/h1-2,5-7H,3-4H2. The maximum absolute atomic E-state index is 14.0. The molecule has 108 valence electrons. The average Bonchev–Trinajstić information content (AvgIpc) is 2.77. The van der Waals surface area contributed by atoms with Crippen molar-refractivity contribution in [3.8, 4) is 5.69 Å². The van der Waals surface area contributed by atoms with E-state index in [1.165, 1.54) is 10.8 Å². The van der Waals surface area contributed by atoms with Gasteiger partial charge in [0.25, 0.3) is 0 Å². The van der Waals surface area contributed by atoms with E-state index >= 15 is 0 Å². The number of pyridine rings is 1. The first kappa shape index (κ1) is 13.9. The number of hydrogen-bond donors (Lipinski definition) is 0. The van der Waals surface area contributed by atoms with E-state index < -0.39 is 23.1 Å². The number of fused-ring (bicyclic) bond motifs is 1. The third-order valence-corrected chi connectivity index (χ3v) is 3.20. The molecular weight excluding hydrogens is 303 g/mol. The summed E-state index contributed by atoms with van der Waals surface area (Å²) in [4.78, 5) is 8.37. The Hall–Kier alpha value is -2.08. The lowest BCUT2D eigenvalue weighted by Gasteiger charge is -2.10. The molecule has 0 radical (unpaired) electrons. The molecule has 3 nitrogen and oxygen atoms in total. The summed E-state index contributed by atoms with van der Waals surface area (Å²) in [5, 5.41) is 0. The van der Waals surface area contributed by atoms with Crippen LogP contribution in [0.3, 0.4) is 0 Å². The fourth-order valence-corrected chi connectivity index (χ4v) is 2.36. The molecule has 0 spiro atoms. The largest absolute Gasteiger partial charge is 0.275 e. The van der Waals surface area contributed by atoms with Crippen molar-refractivity contribution >= 4 is 22.8 Å².